The van der Waals surface area contributed by atoms with Gasteiger partial charge in [0.05, 0.1) is 13.2 Å². The fraction of sp³-hybridized carbons (Fsp3) is 0.167. The molecular weight excluding hydrogens is 310 g/mol. The van der Waals surface area contributed by atoms with Crippen LogP contribution in [0, 0.1) is 0 Å². The number of benzene rings is 1. The number of hydrogen-bond acceptors (Lipinski definition) is 6. The molecule has 0 radical (unpaired) electrons. The van der Waals surface area contributed by atoms with Crippen LogP contribution in [0.5, 0.6) is 5.88 Å². The van der Waals surface area contributed by atoms with Gasteiger partial charge in [-0.3, -0.25) is 10.8 Å². The van der Waals surface area contributed by atoms with Crippen LogP contribution in [0.25, 0.3) is 0 Å². The summed E-state index contributed by atoms with van der Waals surface area (Å²) in [5.41, 5.74) is 10.7. The number of nitrogen functional groups attached to an aromatic ring is 1. The first-order valence-corrected chi connectivity index (χ1v) is 6.32. The van der Waals surface area contributed by atoms with E-state index in [-0.39, 0.29) is 0 Å². The fourth-order valence-corrected chi connectivity index (χ4v) is 2.18. The first-order valence-electron chi connectivity index (χ1n) is 5.53. The molecule has 2 aromatic rings. The number of nitrogens with one attached hydrogen (secondary N) is 1. The van der Waals surface area contributed by atoms with Crippen molar-refractivity contribution in [3.05, 3.63) is 46.3 Å². The minimum Gasteiger partial charge on any atom is -0.480 e. The maximum absolute atomic E-state index is 5.99. The summed E-state index contributed by atoms with van der Waals surface area (Å²) in [4.78, 5) is 8.38. The molecule has 0 aliphatic rings. The van der Waals surface area contributed by atoms with E-state index in [0.29, 0.717) is 17.3 Å². The lowest BCUT2D eigenvalue weighted by molar-refractivity contribution is 0.383. The normalized spacial score (nSPS) is 12.2. The third-order valence-electron chi connectivity index (χ3n) is 2.68. The summed E-state index contributed by atoms with van der Waals surface area (Å²) < 4.78 is 6.10. The Bertz CT molecular complexity index is 578. The van der Waals surface area contributed by atoms with Gasteiger partial charge in [0.25, 0.3) is 0 Å². The second kappa shape index (κ2) is 5.96. The number of aromatic nitrogens is 2. The Kier molecular flexibility index (Phi) is 4.31. The molecule has 7 heteroatoms. The standard InChI is InChI=1S/C12H14BrN5O/c1-19-12-11(16-4-5-17-12)10(18-15)8-6-7(13)2-3-9(8)14/h2-6,10,18H,14-15H2,1H3. The van der Waals surface area contributed by atoms with Crippen molar-refractivity contribution in [1.29, 1.82) is 0 Å². The third kappa shape index (κ3) is 2.83. The van der Waals surface area contributed by atoms with Crippen molar-refractivity contribution >= 4 is 21.6 Å². The second-order valence-corrected chi connectivity index (χ2v) is 4.74. The smallest absolute Gasteiger partial charge is 0.237 e. The van der Waals surface area contributed by atoms with Crippen molar-refractivity contribution in [2.75, 3.05) is 12.8 Å². The summed E-state index contributed by atoms with van der Waals surface area (Å²) in [7, 11) is 1.53. The maximum atomic E-state index is 5.99. The van der Waals surface area contributed by atoms with Crippen LogP contribution in [-0.4, -0.2) is 17.1 Å². The highest BCUT2D eigenvalue weighted by atomic mass is 79.9. The van der Waals surface area contributed by atoms with Crippen LogP contribution >= 0.6 is 15.9 Å². The number of methoxy groups -OCH3 is 1. The lowest BCUT2D eigenvalue weighted by Gasteiger charge is -2.19. The lowest BCUT2D eigenvalue weighted by Crippen LogP contribution is -2.30. The molecule has 0 saturated heterocycles. The van der Waals surface area contributed by atoms with E-state index >= 15 is 0 Å². The van der Waals surface area contributed by atoms with E-state index in [1.807, 2.05) is 12.1 Å². The monoisotopic (exact) mass is 323 g/mol. The summed E-state index contributed by atoms with van der Waals surface area (Å²) in [6.07, 6.45) is 3.14. The topological polar surface area (TPSA) is 99.1 Å². The molecule has 1 heterocycles. The van der Waals surface area contributed by atoms with Crippen LogP contribution in [0.4, 0.5) is 5.69 Å². The molecule has 0 fully saturated rings. The van der Waals surface area contributed by atoms with Gasteiger partial charge in [0.2, 0.25) is 5.88 Å². The molecule has 100 valence electrons. The Morgan fingerprint density at radius 1 is 1.32 bits per heavy atom. The first-order chi connectivity index (χ1) is 9.17. The average Bonchev–Trinajstić information content (AvgIpc) is 2.44. The molecule has 0 spiro atoms. The largest absolute Gasteiger partial charge is 0.480 e. The molecule has 6 nitrogen and oxygen atoms in total. The number of rotatable bonds is 4. The van der Waals surface area contributed by atoms with E-state index in [0.717, 1.165) is 10.0 Å². The second-order valence-electron chi connectivity index (χ2n) is 3.82. The van der Waals surface area contributed by atoms with Crippen molar-refractivity contribution in [3.63, 3.8) is 0 Å². The van der Waals surface area contributed by atoms with E-state index < -0.39 is 6.04 Å². The zero-order valence-electron chi connectivity index (χ0n) is 10.3. The highest BCUT2D eigenvalue weighted by Gasteiger charge is 2.21. The summed E-state index contributed by atoms with van der Waals surface area (Å²) in [6.45, 7) is 0. The summed E-state index contributed by atoms with van der Waals surface area (Å²) in [6, 6.07) is 5.14. The molecule has 0 aliphatic carbocycles. The lowest BCUT2D eigenvalue weighted by atomic mass is 10.0. The van der Waals surface area contributed by atoms with Gasteiger partial charge in [0.15, 0.2) is 0 Å². The highest BCUT2D eigenvalue weighted by molar-refractivity contribution is 9.10. The van der Waals surface area contributed by atoms with Gasteiger partial charge in [0.1, 0.15) is 5.69 Å². The van der Waals surface area contributed by atoms with Gasteiger partial charge in [0, 0.05) is 28.1 Å². The first kappa shape index (κ1) is 13.7. The SMILES string of the molecule is COc1nccnc1C(NN)c1cc(Br)ccc1N. The number of nitrogens with zero attached hydrogens (tertiary/aromatic N) is 2. The van der Waals surface area contributed by atoms with Gasteiger partial charge in [-0.15, -0.1) is 0 Å². The van der Waals surface area contributed by atoms with Crippen molar-refractivity contribution < 1.29 is 4.74 Å². The van der Waals surface area contributed by atoms with Crippen LogP contribution in [0.1, 0.15) is 17.3 Å². The van der Waals surface area contributed by atoms with E-state index in [4.69, 9.17) is 16.3 Å². The zero-order valence-corrected chi connectivity index (χ0v) is 11.9. The van der Waals surface area contributed by atoms with E-state index in [2.05, 4.69) is 31.3 Å². The van der Waals surface area contributed by atoms with Crippen LogP contribution in [-0.2, 0) is 0 Å². The van der Waals surface area contributed by atoms with Gasteiger partial charge >= 0.3 is 0 Å². The van der Waals surface area contributed by atoms with Crippen LogP contribution in [0.2, 0.25) is 0 Å². The molecule has 0 amide bonds. The van der Waals surface area contributed by atoms with Crippen molar-refractivity contribution in [2.24, 2.45) is 5.84 Å². The Morgan fingerprint density at radius 3 is 2.74 bits per heavy atom. The molecule has 19 heavy (non-hydrogen) atoms. The van der Waals surface area contributed by atoms with E-state index in [9.17, 15) is 0 Å². The number of nitrogens with two attached hydrogens (primary N) is 2. The summed E-state index contributed by atoms with van der Waals surface area (Å²) in [5, 5.41) is 0. The maximum Gasteiger partial charge on any atom is 0.237 e. The molecule has 0 bridgehead atoms. The predicted molar refractivity (Wildman–Crippen MR) is 76.3 cm³/mol. The van der Waals surface area contributed by atoms with Gasteiger partial charge in [-0.1, -0.05) is 15.9 Å². The Balaban J connectivity index is 2.53. The molecule has 1 unspecified atom stereocenters. The summed E-state index contributed by atoms with van der Waals surface area (Å²) in [5.74, 6) is 6.04. The third-order valence-corrected chi connectivity index (χ3v) is 3.18. The molecule has 0 saturated carbocycles. The quantitative estimate of drug-likeness (QED) is 0.446. The Morgan fingerprint density at radius 2 is 2.05 bits per heavy atom. The molecule has 5 N–H and O–H groups in total. The number of hydrogen-bond donors (Lipinski definition) is 3. The number of hydrazine groups is 1. The van der Waals surface area contributed by atoms with Crippen LogP contribution < -0.4 is 21.7 Å². The Hall–Kier alpha value is -1.70. The van der Waals surface area contributed by atoms with E-state index in [1.54, 1.807) is 18.5 Å². The van der Waals surface area contributed by atoms with Gasteiger partial charge in [-0.05, 0) is 18.2 Å². The van der Waals surface area contributed by atoms with Crippen molar-refractivity contribution in [3.8, 4) is 5.88 Å². The minimum atomic E-state index is -0.402. The highest BCUT2D eigenvalue weighted by Crippen LogP contribution is 2.31. The zero-order chi connectivity index (χ0) is 13.8. The van der Waals surface area contributed by atoms with Crippen molar-refractivity contribution in [2.45, 2.75) is 6.04 Å². The molecule has 0 aliphatic heterocycles. The minimum absolute atomic E-state index is 0.402. The van der Waals surface area contributed by atoms with Gasteiger partial charge < -0.3 is 10.5 Å². The van der Waals surface area contributed by atoms with Gasteiger partial charge in [-0.25, -0.2) is 10.4 Å². The summed E-state index contributed by atoms with van der Waals surface area (Å²) >= 11 is 3.41. The van der Waals surface area contributed by atoms with Crippen LogP contribution in [0.3, 0.4) is 0 Å². The molecule has 1 aromatic carbocycles. The Labute approximate surface area is 119 Å². The van der Waals surface area contributed by atoms with Gasteiger partial charge in [-0.2, -0.15) is 0 Å². The number of halogens is 1. The molecule has 2 rings (SSSR count). The average molecular weight is 324 g/mol. The van der Waals surface area contributed by atoms with Crippen LogP contribution in [0.15, 0.2) is 35.1 Å². The fourth-order valence-electron chi connectivity index (χ4n) is 1.80. The number of ether oxygens (including phenoxy) is 1. The molecule has 1 aromatic heterocycles. The van der Waals surface area contributed by atoms with Crippen molar-refractivity contribution in [1.82, 2.24) is 15.4 Å². The molecule has 1 atom stereocenters. The van der Waals surface area contributed by atoms with E-state index in [1.165, 1.54) is 7.11 Å². The molecular formula is C12H14BrN5O. The number of anilines is 1. The predicted octanol–water partition coefficient (Wildman–Crippen LogP) is 1.38.